The van der Waals surface area contributed by atoms with Crippen LogP contribution in [0.4, 0.5) is 0 Å². The number of nitrogens with two attached hydrogens (primary N) is 1. The van der Waals surface area contributed by atoms with Gasteiger partial charge in [-0.05, 0) is 40.7 Å². The topological polar surface area (TPSA) is 38.5 Å². The van der Waals surface area contributed by atoms with Gasteiger partial charge in [-0.1, -0.05) is 0 Å². The summed E-state index contributed by atoms with van der Waals surface area (Å²) in [4.78, 5) is 2.33. The molecule has 0 aliphatic carbocycles. The summed E-state index contributed by atoms with van der Waals surface area (Å²) in [5.41, 5.74) is 6.49. The van der Waals surface area contributed by atoms with Gasteiger partial charge in [-0.15, -0.1) is 0 Å². The predicted molar refractivity (Wildman–Crippen MR) is 59.4 cm³/mol. The van der Waals surface area contributed by atoms with Gasteiger partial charge in [0.1, 0.15) is 0 Å². The zero-order valence-corrected chi connectivity index (χ0v) is 9.97. The molecule has 0 aromatic carbocycles. The first-order chi connectivity index (χ1) is 6.33. The lowest BCUT2D eigenvalue weighted by Crippen LogP contribution is -2.56. The van der Waals surface area contributed by atoms with Gasteiger partial charge in [0.05, 0.1) is 0 Å². The summed E-state index contributed by atoms with van der Waals surface area (Å²) < 4.78 is 5.33. The van der Waals surface area contributed by atoms with Crippen molar-refractivity contribution in [1.29, 1.82) is 0 Å². The summed E-state index contributed by atoms with van der Waals surface area (Å²) in [6, 6.07) is 0. The van der Waals surface area contributed by atoms with Crippen LogP contribution in [0.2, 0.25) is 0 Å². The highest BCUT2D eigenvalue weighted by Gasteiger charge is 2.32. The molecule has 0 saturated carbocycles. The van der Waals surface area contributed by atoms with Crippen molar-refractivity contribution in [3.05, 3.63) is 0 Å². The highest BCUT2D eigenvalue weighted by molar-refractivity contribution is 4.91. The zero-order valence-electron chi connectivity index (χ0n) is 9.97. The van der Waals surface area contributed by atoms with Crippen molar-refractivity contribution >= 4 is 0 Å². The van der Waals surface area contributed by atoms with Gasteiger partial charge in [-0.2, -0.15) is 0 Å². The quantitative estimate of drug-likeness (QED) is 0.728. The second-order valence-corrected chi connectivity index (χ2v) is 5.50. The van der Waals surface area contributed by atoms with Crippen molar-refractivity contribution < 1.29 is 4.74 Å². The molecule has 1 fully saturated rings. The van der Waals surface area contributed by atoms with Crippen LogP contribution in [0.3, 0.4) is 0 Å². The lowest BCUT2D eigenvalue weighted by atomic mass is 9.89. The standard InChI is InChI=1S/C11H24N2O/c1-10(2,3)13(4)9-11(12)5-7-14-8-6-11/h5-9,12H2,1-4H3. The summed E-state index contributed by atoms with van der Waals surface area (Å²) in [6.45, 7) is 9.24. The Hall–Kier alpha value is -0.120. The van der Waals surface area contributed by atoms with Gasteiger partial charge in [0.25, 0.3) is 0 Å². The SMILES string of the molecule is CN(CC1(N)CCOCC1)C(C)(C)C. The molecule has 1 aliphatic rings. The Morgan fingerprint density at radius 1 is 1.29 bits per heavy atom. The van der Waals surface area contributed by atoms with E-state index < -0.39 is 0 Å². The van der Waals surface area contributed by atoms with E-state index in [4.69, 9.17) is 10.5 Å². The molecular formula is C11H24N2O. The Labute approximate surface area is 87.6 Å². The van der Waals surface area contributed by atoms with Gasteiger partial charge in [0.2, 0.25) is 0 Å². The van der Waals surface area contributed by atoms with Gasteiger partial charge < -0.3 is 10.5 Å². The Morgan fingerprint density at radius 2 is 1.79 bits per heavy atom. The largest absolute Gasteiger partial charge is 0.381 e. The minimum atomic E-state index is -0.0414. The minimum Gasteiger partial charge on any atom is -0.381 e. The molecule has 0 amide bonds. The maximum absolute atomic E-state index is 6.33. The molecular weight excluding hydrogens is 176 g/mol. The molecule has 3 nitrogen and oxygen atoms in total. The molecule has 0 spiro atoms. The predicted octanol–water partition coefficient (Wildman–Crippen LogP) is 1.22. The molecule has 0 radical (unpaired) electrons. The summed E-state index contributed by atoms with van der Waals surface area (Å²) >= 11 is 0. The van der Waals surface area contributed by atoms with Crippen molar-refractivity contribution in [1.82, 2.24) is 4.90 Å². The second kappa shape index (κ2) is 4.17. The van der Waals surface area contributed by atoms with E-state index in [1.165, 1.54) is 0 Å². The van der Waals surface area contributed by atoms with Crippen molar-refractivity contribution in [2.45, 2.75) is 44.7 Å². The van der Waals surface area contributed by atoms with Crippen LogP contribution in [0.25, 0.3) is 0 Å². The number of ether oxygens (including phenoxy) is 1. The number of hydrogen-bond donors (Lipinski definition) is 1. The summed E-state index contributed by atoms with van der Waals surface area (Å²) in [5.74, 6) is 0. The maximum atomic E-state index is 6.33. The molecule has 1 heterocycles. The van der Waals surface area contributed by atoms with Crippen molar-refractivity contribution in [2.75, 3.05) is 26.8 Å². The van der Waals surface area contributed by atoms with Crippen LogP contribution < -0.4 is 5.73 Å². The normalized spacial score (nSPS) is 22.7. The van der Waals surface area contributed by atoms with Crippen LogP contribution >= 0.6 is 0 Å². The molecule has 0 aromatic rings. The van der Waals surface area contributed by atoms with Crippen LogP contribution in [0, 0.1) is 0 Å². The number of nitrogens with zero attached hydrogens (tertiary/aromatic N) is 1. The van der Waals surface area contributed by atoms with E-state index >= 15 is 0 Å². The molecule has 2 N–H and O–H groups in total. The molecule has 1 rings (SSSR count). The molecule has 0 aromatic heterocycles. The monoisotopic (exact) mass is 200 g/mol. The summed E-state index contributed by atoms with van der Waals surface area (Å²) in [6.07, 6.45) is 1.96. The average Bonchev–Trinajstić information content (AvgIpc) is 2.02. The van der Waals surface area contributed by atoms with E-state index in [9.17, 15) is 0 Å². The summed E-state index contributed by atoms with van der Waals surface area (Å²) in [5, 5.41) is 0. The Balaban J connectivity index is 2.49. The molecule has 0 atom stereocenters. The maximum Gasteiger partial charge on any atom is 0.0484 e. The molecule has 0 unspecified atom stereocenters. The molecule has 1 saturated heterocycles. The van der Waals surface area contributed by atoms with E-state index in [1.807, 2.05) is 0 Å². The highest BCUT2D eigenvalue weighted by atomic mass is 16.5. The van der Waals surface area contributed by atoms with Crippen LogP contribution in [-0.4, -0.2) is 42.8 Å². The lowest BCUT2D eigenvalue weighted by molar-refractivity contribution is 0.0278. The number of rotatable bonds is 2. The van der Waals surface area contributed by atoms with E-state index in [0.29, 0.717) is 0 Å². The first-order valence-corrected chi connectivity index (χ1v) is 5.41. The second-order valence-electron chi connectivity index (χ2n) is 5.50. The Morgan fingerprint density at radius 3 is 2.21 bits per heavy atom. The lowest BCUT2D eigenvalue weighted by Gasteiger charge is -2.41. The number of likely N-dealkylation sites (N-methyl/N-ethyl adjacent to an activating group) is 1. The van der Waals surface area contributed by atoms with E-state index in [-0.39, 0.29) is 11.1 Å². The molecule has 1 aliphatic heterocycles. The van der Waals surface area contributed by atoms with Crippen molar-refractivity contribution in [3.63, 3.8) is 0 Å². The fourth-order valence-corrected chi connectivity index (χ4v) is 1.65. The van der Waals surface area contributed by atoms with Gasteiger partial charge in [0, 0.05) is 30.8 Å². The van der Waals surface area contributed by atoms with Crippen LogP contribution in [0.5, 0.6) is 0 Å². The fourth-order valence-electron chi connectivity index (χ4n) is 1.65. The third kappa shape index (κ3) is 3.23. The van der Waals surface area contributed by atoms with Crippen LogP contribution in [0.1, 0.15) is 33.6 Å². The molecule has 84 valence electrons. The van der Waals surface area contributed by atoms with Gasteiger partial charge >= 0.3 is 0 Å². The third-order valence-electron chi connectivity index (χ3n) is 3.19. The Kier molecular flexibility index (Phi) is 3.56. The van der Waals surface area contributed by atoms with E-state index in [2.05, 4.69) is 32.7 Å². The Bertz CT molecular complexity index is 180. The van der Waals surface area contributed by atoms with Gasteiger partial charge in [0.15, 0.2) is 0 Å². The van der Waals surface area contributed by atoms with Gasteiger partial charge in [-0.3, -0.25) is 4.90 Å². The number of hydrogen-bond acceptors (Lipinski definition) is 3. The highest BCUT2D eigenvalue weighted by Crippen LogP contribution is 2.21. The van der Waals surface area contributed by atoms with Crippen molar-refractivity contribution in [2.24, 2.45) is 5.73 Å². The first kappa shape index (κ1) is 12.0. The van der Waals surface area contributed by atoms with Crippen LogP contribution in [-0.2, 0) is 4.74 Å². The van der Waals surface area contributed by atoms with Crippen LogP contribution in [0.15, 0.2) is 0 Å². The average molecular weight is 200 g/mol. The third-order valence-corrected chi connectivity index (χ3v) is 3.19. The minimum absolute atomic E-state index is 0.0414. The first-order valence-electron chi connectivity index (χ1n) is 5.41. The zero-order chi connectivity index (χ0) is 10.8. The smallest absolute Gasteiger partial charge is 0.0484 e. The van der Waals surface area contributed by atoms with Crippen molar-refractivity contribution in [3.8, 4) is 0 Å². The fraction of sp³-hybridized carbons (Fsp3) is 1.00. The summed E-state index contributed by atoms with van der Waals surface area (Å²) in [7, 11) is 2.14. The van der Waals surface area contributed by atoms with Gasteiger partial charge in [-0.25, -0.2) is 0 Å². The molecule has 3 heteroatoms. The van der Waals surface area contributed by atoms with E-state index in [0.717, 1.165) is 32.6 Å². The van der Waals surface area contributed by atoms with E-state index in [1.54, 1.807) is 0 Å². The molecule has 14 heavy (non-hydrogen) atoms. The molecule has 0 bridgehead atoms.